The molecule has 0 aliphatic rings. The minimum atomic E-state index is -0.500. The summed E-state index contributed by atoms with van der Waals surface area (Å²) in [5, 5.41) is 17.0. The van der Waals surface area contributed by atoms with Gasteiger partial charge in [0.05, 0.1) is 11.2 Å². The molecule has 11 heavy (non-hydrogen) atoms. The van der Waals surface area contributed by atoms with Crippen molar-refractivity contribution in [1.82, 2.24) is 0 Å². The summed E-state index contributed by atoms with van der Waals surface area (Å²) in [6, 6.07) is 0. The maximum absolute atomic E-state index is 8.52. The molecule has 0 aliphatic carbocycles. The van der Waals surface area contributed by atoms with Gasteiger partial charge in [-0.3, -0.25) is 0 Å². The minimum absolute atomic E-state index is 0. The average Bonchev–Trinajstić information content (AvgIpc) is 1.12. The Bertz CT molecular complexity index is 55.1. The van der Waals surface area contributed by atoms with Crippen LogP contribution < -0.4 is 0 Å². The SMILES string of the molecule is CC(C)(C)O.CC(C)(C)O.[Hf]. The summed E-state index contributed by atoms with van der Waals surface area (Å²) in [4.78, 5) is 0. The standard InChI is InChI=1S/2C4H10O.Hf/c2*1-4(2,3)5;/h2*5H,1-3H3;. The Labute approximate surface area is 88.8 Å². The van der Waals surface area contributed by atoms with Crippen molar-refractivity contribution in [1.29, 1.82) is 0 Å². The van der Waals surface area contributed by atoms with Crippen molar-refractivity contribution < 1.29 is 36.1 Å². The maximum Gasteiger partial charge on any atom is 0.0563 e. The first-order chi connectivity index (χ1) is 4.00. The van der Waals surface area contributed by atoms with Gasteiger partial charge in [0.25, 0.3) is 0 Å². The third-order valence-corrected chi connectivity index (χ3v) is 0. The van der Waals surface area contributed by atoms with E-state index in [9.17, 15) is 0 Å². The zero-order chi connectivity index (χ0) is 9.00. The molecule has 0 spiro atoms. The molecule has 0 aromatic rings. The van der Waals surface area contributed by atoms with Gasteiger partial charge in [-0.1, -0.05) is 0 Å². The van der Waals surface area contributed by atoms with Gasteiger partial charge in [0.15, 0.2) is 0 Å². The molecule has 0 saturated heterocycles. The molecule has 2 nitrogen and oxygen atoms in total. The van der Waals surface area contributed by atoms with Gasteiger partial charge in [0.1, 0.15) is 0 Å². The van der Waals surface area contributed by atoms with Gasteiger partial charge in [-0.05, 0) is 41.5 Å². The van der Waals surface area contributed by atoms with Crippen LogP contribution in [0.15, 0.2) is 0 Å². The molecule has 2 N–H and O–H groups in total. The Balaban J connectivity index is -0.000000107. The summed E-state index contributed by atoms with van der Waals surface area (Å²) < 4.78 is 0. The molecular weight excluding hydrogens is 307 g/mol. The molecule has 68 valence electrons. The fraction of sp³-hybridized carbons (Fsp3) is 1.00. The molecule has 0 unspecified atom stereocenters. The molecule has 0 atom stereocenters. The van der Waals surface area contributed by atoms with Gasteiger partial charge >= 0.3 is 0 Å². The smallest absolute Gasteiger partial charge is 0.0563 e. The van der Waals surface area contributed by atoms with E-state index in [0.29, 0.717) is 0 Å². The Kier molecular flexibility index (Phi) is 10.2. The van der Waals surface area contributed by atoms with Gasteiger partial charge in [-0.25, -0.2) is 0 Å². The molecule has 0 aromatic carbocycles. The fourth-order valence-corrected chi connectivity index (χ4v) is 0. The van der Waals surface area contributed by atoms with Crippen LogP contribution in [0.25, 0.3) is 0 Å². The van der Waals surface area contributed by atoms with Crippen LogP contribution in [0.5, 0.6) is 0 Å². The van der Waals surface area contributed by atoms with Gasteiger partial charge in [-0.2, -0.15) is 0 Å². The van der Waals surface area contributed by atoms with E-state index < -0.39 is 11.2 Å². The number of aliphatic hydroxyl groups is 2. The third-order valence-electron chi connectivity index (χ3n) is 0. The van der Waals surface area contributed by atoms with Gasteiger partial charge < -0.3 is 10.2 Å². The van der Waals surface area contributed by atoms with Crippen LogP contribution in [0.2, 0.25) is 0 Å². The molecule has 0 aliphatic heterocycles. The first-order valence-corrected chi connectivity index (χ1v) is 3.45. The van der Waals surface area contributed by atoms with Crippen molar-refractivity contribution in [2.75, 3.05) is 0 Å². The summed E-state index contributed by atoms with van der Waals surface area (Å²) in [5.74, 6) is 0. The molecule has 0 rings (SSSR count). The second-order valence-corrected chi connectivity index (χ2v) is 4.34. The van der Waals surface area contributed by atoms with Crippen molar-refractivity contribution in [2.45, 2.75) is 52.7 Å². The van der Waals surface area contributed by atoms with Crippen LogP contribution in [-0.2, 0) is 25.8 Å². The molecule has 0 radical (unpaired) electrons. The maximum atomic E-state index is 8.52. The molecule has 3 heteroatoms. The van der Waals surface area contributed by atoms with E-state index in [1.807, 2.05) is 0 Å². The molecule has 0 amide bonds. The monoisotopic (exact) mass is 328 g/mol. The predicted molar refractivity (Wildman–Crippen MR) is 43.9 cm³/mol. The van der Waals surface area contributed by atoms with Crippen LogP contribution in [0.1, 0.15) is 41.5 Å². The molecule has 0 aromatic heterocycles. The second-order valence-electron chi connectivity index (χ2n) is 4.34. The van der Waals surface area contributed by atoms with Crippen LogP contribution in [0.4, 0.5) is 0 Å². The summed E-state index contributed by atoms with van der Waals surface area (Å²) in [5.41, 5.74) is -1.00. The van der Waals surface area contributed by atoms with E-state index in [2.05, 4.69) is 0 Å². The van der Waals surface area contributed by atoms with E-state index in [1.54, 1.807) is 41.5 Å². The van der Waals surface area contributed by atoms with Crippen molar-refractivity contribution in [3.63, 3.8) is 0 Å². The predicted octanol–water partition coefficient (Wildman–Crippen LogP) is 1.55. The van der Waals surface area contributed by atoms with E-state index in [1.165, 1.54) is 0 Å². The normalized spacial score (nSPS) is 10.9. The van der Waals surface area contributed by atoms with Crippen LogP contribution in [-0.4, -0.2) is 21.4 Å². The van der Waals surface area contributed by atoms with E-state index in [-0.39, 0.29) is 25.8 Å². The fourth-order valence-electron chi connectivity index (χ4n) is 0. The van der Waals surface area contributed by atoms with Crippen molar-refractivity contribution in [3.8, 4) is 0 Å². The molecule has 0 heterocycles. The van der Waals surface area contributed by atoms with E-state index >= 15 is 0 Å². The molecule has 0 bridgehead atoms. The van der Waals surface area contributed by atoms with Crippen LogP contribution in [0.3, 0.4) is 0 Å². The molecule has 0 saturated carbocycles. The molecule has 0 fully saturated rings. The Morgan fingerprint density at radius 3 is 0.636 bits per heavy atom. The second kappa shape index (κ2) is 6.32. The zero-order valence-electron chi connectivity index (χ0n) is 8.39. The summed E-state index contributed by atoms with van der Waals surface area (Å²) in [6.07, 6.45) is 0. The Morgan fingerprint density at radius 1 is 0.636 bits per heavy atom. The van der Waals surface area contributed by atoms with E-state index in [4.69, 9.17) is 10.2 Å². The minimum Gasteiger partial charge on any atom is -0.391 e. The van der Waals surface area contributed by atoms with Crippen LogP contribution in [0, 0.1) is 0 Å². The summed E-state index contributed by atoms with van der Waals surface area (Å²) >= 11 is 0. The molecular formula is C8H20HfO2. The van der Waals surface area contributed by atoms with E-state index in [0.717, 1.165) is 0 Å². The van der Waals surface area contributed by atoms with Crippen LogP contribution >= 0.6 is 0 Å². The zero-order valence-corrected chi connectivity index (χ0v) is 12.0. The van der Waals surface area contributed by atoms with Crippen molar-refractivity contribution in [3.05, 3.63) is 0 Å². The van der Waals surface area contributed by atoms with Gasteiger partial charge in [0.2, 0.25) is 0 Å². The first-order valence-electron chi connectivity index (χ1n) is 3.45. The number of hydrogen-bond donors (Lipinski definition) is 2. The first kappa shape index (κ1) is 17.8. The van der Waals surface area contributed by atoms with Crippen molar-refractivity contribution >= 4 is 0 Å². The van der Waals surface area contributed by atoms with Gasteiger partial charge in [0, 0.05) is 25.8 Å². The quantitative estimate of drug-likeness (QED) is 0.663. The number of hydrogen-bond acceptors (Lipinski definition) is 2. The Hall–Kier alpha value is 0.790. The largest absolute Gasteiger partial charge is 0.391 e. The van der Waals surface area contributed by atoms with Gasteiger partial charge in [-0.15, -0.1) is 0 Å². The topological polar surface area (TPSA) is 40.5 Å². The Morgan fingerprint density at radius 2 is 0.636 bits per heavy atom. The van der Waals surface area contributed by atoms with Crippen molar-refractivity contribution in [2.24, 2.45) is 0 Å². The third kappa shape index (κ3) is 1340. The summed E-state index contributed by atoms with van der Waals surface area (Å²) in [7, 11) is 0. The summed E-state index contributed by atoms with van der Waals surface area (Å²) in [6.45, 7) is 10.5. The average molecular weight is 327 g/mol. The number of rotatable bonds is 0.